The third-order valence-electron chi connectivity index (χ3n) is 5.32. The number of likely N-dealkylation sites (tertiary alicyclic amines) is 1. The summed E-state index contributed by atoms with van der Waals surface area (Å²) in [6.07, 6.45) is 3.36. The summed E-state index contributed by atoms with van der Waals surface area (Å²) in [4.78, 5) is 24.4. The Balaban J connectivity index is 1.37. The van der Waals surface area contributed by atoms with Crippen molar-refractivity contribution in [3.63, 3.8) is 0 Å². The summed E-state index contributed by atoms with van der Waals surface area (Å²) in [6, 6.07) is 14.3. The molecule has 144 valence electrons. The highest BCUT2D eigenvalue weighted by atomic mass is 16.6. The van der Waals surface area contributed by atoms with E-state index in [1.54, 1.807) is 18.3 Å². The number of fused-ring (bicyclic) bond motifs is 1. The Hall–Kier alpha value is -3.26. The van der Waals surface area contributed by atoms with Crippen molar-refractivity contribution in [2.45, 2.75) is 19.5 Å². The zero-order chi connectivity index (χ0) is 19.5. The zero-order valence-corrected chi connectivity index (χ0v) is 15.4. The molecule has 2 aromatic carbocycles. The molecule has 1 saturated heterocycles. The number of hydrogen-bond acceptors (Lipinski definition) is 4. The fraction of sp³-hybridized carbons (Fsp3) is 0.300. The normalized spacial score (nSPS) is 19.4. The molecule has 1 amide bonds. The van der Waals surface area contributed by atoms with Crippen LogP contribution in [0.3, 0.4) is 0 Å². The number of quaternary nitrogens is 1. The van der Waals surface area contributed by atoms with Gasteiger partial charge in [-0.3, -0.25) is 14.9 Å². The molecule has 0 atom stereocenters. The van der Waals surface area contributed by atoms with Gasteiger partial charge in [-0.2, -0.15) is 5.10 Å². The minimum absolute atomic E-state index is 0.0133. The third-order valence-corrected chi connectivity index (χ3v) is 5.32. The molecule has 1 aromatic heterocycles. The molecule has 0 unspecified atom stereocenters. The molecule has 0 radical (unpaired) electrons. The summed E-state index contributed by atoms with van der Waals surface area (Å²) in [5.41, 5.74) is 1.66. The van der Waals surface area contributed by atoms with Crippen molar-refractivity contribution < 1.29 is 14.6 Å². The zero-order valence-electron chi connectivity index (χ0n) is 15.4. The van der Waals surface area contributed by atoms with E-state index in [1.165, 1.54) is 11.0 Å². The minimum Gasteiger partial charge on any atom is -0.326 e. The summed E-state index contributed by atoms with van der Waals surface area (Å²) in [7, 11) is 0. The fourth-order valence-corrected chi connectivity index (χ4v) is 3.72. The van der Waals surface area contributed by atoms with Crippen molar-refractivity contribution in [3.05, 3.63) is 64.8 Å². The number of carbonyl (C=O) groups is 1. The first-order valence-electron chi connectivity index (χ1n) is 9.39. The summed E-state index contributed by atoms with van der Waals surface area (Å²) >= 11 is 0. The molecule has 0 aliphatic carbocycles. The van der Waals surface area contributed by atoms with E-state index in [0.717, 1.165) is 42.5 Å². The number of carbonyl (C=O) groups excluding carboxylic acids is 1. The van der Waals surface area contributed by atoms with Crippen molar-refractivity contribution in [2.24, 2.45) is 5.92 Å². The molecule has 8 nitrogen and oxygen atoms in total. The van der Waals surface area contributed by atoms with Crippen LogP contribution < -0.4 is 10.2 Å². The van der Waals surface area contributed by atoms with Gasteiger partial charge in [-0.1, -0.05) is 18.2 Å². The lowest BCUT2D eigenvalue weighted by atomic mass is 9.96. The van der Waals surface area contributed by atoms with Crippen LogP contribution in [0.2, 0.25) is 0 Å². The number of amides is 1. The number of benzene rings is 2. The number of rotatable bonds is 5. The average molecular weight is 380 g/mol. The second-order valence-electron chi connectivity index (χ2n) is 7.18. The monoisotopic (exact) mass is 380 g/mol. The van der Waals surface area contributed by atoms with Crippen LogP contribution in [-0.4, -0.2) is 33.7 Å². The second-order valence-corrected chi connectivity index (χ2v) is 7.18. The van der Waals surface area contributed by atoms with Crippen molar-refractivity contribution in [2.75, 3.05) is 18.4 Å². The predicted octanol–water partition coefficient (Wildman–Crippen LogP) is 1.84. The van der Waals surface area contributed by atoms with Gasteiger partial charge in [0.15, 0.2) is 6.67 Å². The molecule has 1 aliphatic rings. The van der Waals surface area contributed by atoms with Gasteiger partial charge in [0.05, 0.1) is 29.7 Å². The van der Waals surface area contributed by atoms with E-state index in [0.29, 0.717) is 6.67 Å². The van der Waals surface area contributed by atoms with E-state index >= 15 is 0 Å². The van der Waals surface area contributed by atoms with Crippen molar-refractivity contribution in [1.82, 2.24) is 9.78 Å². The van der Waals surface area contributed by atoms with Crippen LogP contribution in [0.1, 0.15) is 12.8 Å². The number of nitro groups is 1. The number of piperidine rings is 1. The number of nitro benzene ring substituents is 1. The summed E-state index contributed by atoms with van der Waals surface area (Å²) in [6.45, 7) is 2.37. The van der Waals surface area contributed by atoms with Crippen LogP contribution in [0.4, 0.5) is 11.4 Å². The van der Waals surface area contributed by atoms with Gasteiger partial charge in [-0.25, -0.2) is 4.68 Å². The summed E-state index contributed by atoms with van der Waals surface area (Å²) < 4.78 is 1.82. The lowest BCUT2D eigenvalue weighted by molar-refractivity contribution is -0.928. The van der Waals surface area contributed by atoms with Crippen molar-refractivity contribution >= 4 is 28.2 Å². The maximum atomic E-state index is 12.5. The lowest BCUT2D eigenvalue weighted by Crippen LogP contribution is -3.12. The Morgan fingerprint density at radius 3 is 2.68 bits per heavy atom. The SMILES string of the molecule is O=C(Nc1ccccc1)C1CC[NH+](Cn2ncc3ccc([N+](=O)[O-])cc32)CC1. The smallest absolute Gasteiger partial charge is 0.271 e. The predicted molar refractivity (Wildman–Crippen MR) is 105 cm³/mol. The van der Waals surface area contributed by atoms with E-state index in [-0.39, 0.29) is 22.4 Å². The number of anilines is 1. The number of para-hydroxylation sites is 1. The van der Waals surface area contributed by atoms with Crippen LogP contribution >= 0.6 is 0 Å². The van der Waals surface area contributed by atoms with Crippen molar-refractivity contribution in [1.29, 1.82) is 0 Å². The second kappa shape index (κ2) is 7.77. The third kappa shape index (κ3) is 3.86. The molecule has 1 aliphatic heterocycles. The number of nitrogens with zero attached hydrogens (tertiary/aromatic N) is 3. The molecule has 0 bridgehead atoms. The van der Waals surface area contributed by atoms with E-state index in [4.69, 9.17) is 0 Å². The van der Waals surface area contributed by atoms with Gasteiger partial charge in [-0.05, 0) is 18.2 Å². The number of aromatic nitrogens is 2. The summed E-state index contributed by atoms with van der Waals surface area (Å²) in [5.74, 6) is 0.0878. The highest BCUT2D eigenvalue weighted by Gasteiger charge is 2.28. The van der Waals surface area contributed by atoms with Gasteiger partial charge in [0, 0.05) is 42.0 Å². The van der Waals surface area contributed by atoms with Crippen LogP contribution in [0, 0.1) is 16.0 Å². The first-order valence-corrected chi connectivity index (χ1v) is 9.39. The Morgan fingerprint density at radius 2 is 1.96 bits per heavy atom. The topological polar surface area (TPSA) is 94.5 Å². The number of hydrogen-bond donors (Lipinski definition) is 2. The standard InChI is InChI=1S/C20H21N5O3/c26-20(22-17-4-2-1-3-5-17)15-8-10-23(11-9-15)14-24-19-12-18(25(27)28)7-6-16(19)13-21-24/h1-7,12-13,15H,8-11,14H2,(H,22,26)/p+1. The van der Waals surface area contributed by atoms with Gasteiger partial charge in [-0.15, -0.1) is 0 Å². The first kappa shape index (κ1) is 18.1. The summed E-state index contributed by atoms with van der Waals surface area (Å²) in [5, 5.41) is 19.3. The van der Waals surface area contributed by atoms with Gasteiger partial charge in [0.25, 0.3) is 5.69 Å². The van der Waals surface area contributed by atoms with Crippen molar-refractivity contribution in [3.8, 4) is 0 Å². The maximum absolute atomic E-state index is 12.5. The Kier molecular flexibility index (Phi) is 5.03. The van der Waals surface area contributed by atoms with E-state index < -0.39 is 0 Å². The average Bonchev–Trinajstić information content (AvgIpc) is 3.11. The molecule has 3 aromatic rings. The van der Waals surface area contributed by atoms with E-state index in [1.807, 2.05) is 35.0 Å². The first-order chi connectivity index (χ1) is 13.6. The van der Waals surface area contributed by atoms with Crippen LogP contribution in [0.15, 0.2) is 54.7 Å². The minimum atomic E-state index is -0.388. The molecule has 28 heavy (non-hydrogen) atoms. The highest BCUT2D eigenvalue weighted by molar-refractivity contribution is 5.92. The molecule has 1 fully saturated rings. The van der Waals surface area contributed by atoms with Gasteiger partial charge < -0.3 is 10.2 Å². The molecule has 2 heterocycles. The van der Waals surface area contributed by atoms with Gasteiger partial charge in [0.2, 0.25) is 5.91 Å². The van der Waals surface area contributed by atoms with Gasteiger partial charge >= 0.3 is 0 Å². The van der Waals surface area contributed by atoms with Crippen LogP contribution in [0.5, 0.6) is 0 Å². The molecule has 8 heteroatoms. The van der Waals surface area contributed by atoms with E-state index in [2.05, 4.69) is 10.4 Å². The highest BCUT2D eigenvalue weighted by Crippen LogP contribution is 2.20. The lowest BCUT2D eigenvalue weighted by Gasteiger charge is -2.28. The molecule has 0 saturated carbocycles. The largest absolute Gasteiger partial charge is 0.326 e. The number of nitrogens with one attached hydrogen (secondary N) is 2. The maximum Gasteiger partial charge on any atom is 0.271 e. The number of non-ortho nitro benzene ring substituents is 1. The quantitative estimate of drug-likeness (QED) is 0.522. The van der Waals surface area contributed by atoms with E-state index in [9.17, 15) is 14.9 Å². The van der Waals surface area contributed by atoms with Crippen LogP contribution in [0.25, 0.3) is 10.9 Å². The Morgan fingerprint density at radius 1 is 1.21 bits per heavy atom. The Labute approximate surface area is 161 Å². The molecular formula is C20H22N5O3+. The molecule has 0 spiro atoms. The molecule has 2 N–H and O–H groups in total. The van der Waals surface area contributed by atoms with Crippen LogP contribution in [-0.2, 0) is 11.5 Å². The fourth-order valence-electron chi connectivity index (χ4n) is 3.72. The Bertz CT molecular complexity index is 994. The molecular weight excluding hydrogens is 358 g/mol. The van der Waals surface area contributed by atoms with Gasteiger partial charge in [0.1, 0.15) is 0 Å². The molecule has 4 rings (SSSR count).